The third-order valence-electron chi connectivity index (χ3n) is 5.96. The average Bonchev–Trinajstić information content (AvgIpc) is 3.34. The topological polar surface area (TPSA) is 37.4 Å². The van der Waals surface area contributed by atoms with E-state index in [1.165, 1.54) is 6.07 Å². The largest absolute Gasteiger partial charge is 0.417 e. The lowest BCUT2D eigenvalue weighted by Crippen LogP contribution is -2.43. The zero-order valence-electron chi connectivity index (χ0n) is 17.5. The molecule has 1 aliphatic heterocycles. The number of rotatable bonds is 4. The van der Waals surface area contributed by atoms with Crippen LogP contribution in [0.5, 0.6) is 0 Å². The van der Waals surface area contributed by atoms with Gasteiger partial charge in [0, 0.05) is 23.5 Å². The van der Waals surface area contributed by atoms with Gasteiger partial charge in [-0.25, -0.2) is 0 Å². The van der Waals surface area contributed by atoms with E-state index in [-0.39, 0.29) is 11.5 Å². The first-order chi connectivity index (χ1) is 14.1. The molecule has 2 atom stereocenters. The maximum atomic E-state index is 13.6. The van der Waals surface area contributed by atoms with E-state index in [4.69, 9.17) is 0 Å². The lowest BCUT2D eigenvalue weighted by molar-refractivity contribution is -0.137. The van der Waals surface area contributed by atoms with Crippen molar-refractivity contribution in [1.29, 1.82) is 0 Å². The summed E-state index contributed by atoms with van der Waals surface area (Å²) in [5.41, 5.74) is 1.84. The van der Waals surface area contributed by atoms with Crippen molar-refractivity contribution in [1.82, 2.24) is 4.90 Å². The molecular weight excluding hydrogens is 411 g/mol. The van der Waals surface area contributed by atoms with Crippen molar-refractivity contribution >= 4 is 24.0 Å². The van der Waals surface area contributed by atoms with Gasteiger partial charge in [-0.3, -0.25) is 9.59 Å². The van der Waals surface area contributed by atoms with Gasteiger partial charge in [-0.1, -0.05) is 26.0 Å². The Hall–Kier alpha value is -2.15. The number of nitrogens with zero attached hydrogens (tertiary/aromatic N) is 1. The maximum Gasteiger partial charge on any atom is 0.417 e. The standard InChI is InChI=1S/C18H17F3OS.C5H9NO/c1-9-6-14(9)12-4-5-13(15(7-12)18(19,20)21)17-11(3)10(2)16(8-22)23-17;1-5-2-6(3-5)4-7/h4-5,7-9,14H,6H2,1-3H3;4-5H,2-3H2,1H3. The van der Waals surface area contributed by atoms with E-state index in [1.54, 1.807) is 30.9 Å². The highest BCUT2D eigenvalue weighted by molar-refractivity contribution is 7.17. The monoisotopic (exact) mass is 437 g/mol. The van der Waals surface area contributed by atoms with Crippen molar-refractivity contribution in [2.75, 3.05) is 13.1 Å². The first kappa shape index (κ1) is 22.5. The molecule has 4 rings (SSSR count). The van der Waals surface area contributed by atoms with Gasteiger partial charge in [-0.15, -0.1) is 11.3 Å². The molecule has 7 heteroatoms. The van der Waals surface area contributed by atoms with Crippen LogP contribution in [0.15, 0.2) is 18.2 Å². The number of likely N-dealkylation sites (tertiary alicyclic amines) is 1. The maximum absolute atomic E-state index is 13.6. The number of benzene rings is 1. The Morgan fingerprint density at radius 3 is 2.13 bits per heavy atom. The zero-order valence-corrected chi connectivity index (χ0v) is 18.4. The zero-order chi connectivity index (χ0) is 22.2. The minimum absolute atomic E-state index is 0.174. The van der Waals surface area contributed by atoms with E-state index in [0.717, 1.165) is 59.9 Å². The Balaban J connectivity index is 0.000000310. The van der Waals surface area contributed by atoms with Crippen LogP contribution in [0.1, 0.15) is 58.1 Å². The Morgan fingerprint density at radius 2 is 1.73 bits per heavy atom. The number of carbonyl (C=O) groups excluding carboxylic acids is 2. The van der Waals surface area contributed by atoms with Crippen LogP contribution >= 0.6 is 11.3 Å². The Labute approximate surface area is 178 Å². The predicted octanol–water partition coefficient (Wildman–Crippen LogP) is 6.08. The van der Waals surface area contributed by atoms with E-state index < -0.39 is 11.7 Å². The first-order valence-corrected chi connectivity index (χ1v) is 10.8. The fourth-order valence-corrected chi connectivity index (χ4v) is 5.00. The van der Waals surface area contributed by atoms with Crippen LogP contribution < -0.4 is 0 Å². The molecule has 1 aliphatic carbocycles. The van der Waals surface area contributed by atoms with Gasteiger partial charge in [0.25, 0.3) is 0 Å². The average molecular weight is 438 g/mol. The first-order valence-electron chi connectivity index (χ1n) is 10.0. The molecular formula is C23H26F3NO2S. The van der Waals surface area contributed by atoms with Gasteiger partial charge in [0.05, 0.1) is 10.4 Å². The number of thiophene rings is 1. The third-order valence-corrected chi connectivity index (χ3v) is 7.32. The predicted molar refractivity (Wildman–Crippen MR) is 113 cm³/mol. The van der Waals surface area contributed by atoms with Gasteiger partial charge < -0.3 is 4.90 Å². The molecule has 0 radical (unpaired) electrons. The van der Waals surface area contributed by atoms with E-state index in [0.29, 0.717) is 22.0 Å². The number of hydrogen-bond donors (Lipinski definition) is 0. The minimum Gasteiger partial charge on any atom is -0.345 e. The molecule has 162 valence electrons. The molecule has 0 bridgehead atoms. The number of amides is 1. The molecule has 0 spiro atoms. The van der Waals surface area contributed by atoms with Crippen LogP contribution in [0.4, 0.5) is 13.2 Å². The molecule has 1 amide bonds. The summed E-state index contributed by atoms with van der Waals surface area (Å²) in [7, 11) is 0. The van der Waals surface area contributed by atoms with Gasteiger partial charge in [-0.2, -0.15) is 13.2 Å². The van der Waals surface area contributed by atoms with Crippen molar-refractivity contribution in [2.24, 2.45) is 11.8 Å². The smallest absolute Gasteiger partial charge is 0.345 e. The quantitative estimate of drug-likeness (QED) is 0.544. The Kier molecular flexibility index (Phi) is 6.41. The summed E-state index contributed by atoms with van der Waals surface area (Å²) in [5.74, 6) is 1.43. The molecule has 30 heavy (non-hydrogen) atoms. The lowest BCUT2D eigenvalue weighted by atomic mass is 9.97. The molecule has 2 heterocycles. The number of aldehydes is 1. The molecule has 2 aliphatic rings. The second kappa shape index (κ2) is 8.53. The molecule has 1 aromatic heterocycles. The van der Waals surface area contributed by atoms with E-state index in [2.05, 4.69) is 13.8 Å². The number of alkyl halides is 3. The lowest BCUT2D eigenvalue weighted by Gasteiger charge is -2.33. The summed E-state index contributed by atoms with van der Waals surface area (Å²) in [5, 5.41) is 0. The van der Waals surface area contributed by atoms with Crippen molar-refractivity contribution in [3.63, 3.8) is 0 Å². The molecule has 1 saturated heterocycles. The SMILES string of the molecule is CC1CN(C=O)C1.Cc1c(C=O)sc(-c2ccc(C3CC3C)cc2C(F)(F)F)c1C. The van der Waals surface area contributed by atoms with E-state index >= 15 is 0 Å². The number of hydrogen-bond acceptors (Lipinski definition) is 3. The van der Waals surface area contributed by atoms with Gasteiger partial charge in [0.2, 0.25) is 6.41 Å². The van der Waals surface area contributed by atoms with Crippen molar-refractivity contribution < 1.29 is 22.8 Å². The van der Waals surface area contributed by atoms with Gasteiger partial charge in [0.15, 0.2) is 6.29 Å². The van der Waals surface area contributed by atoms with Crippen LogP contribution in [0.25, 0.3) is 10.4 Å². The van der Waals surface area contributed by atoms with Crippen molar-refractivity contribution in [3.05, 3.63) is 45.3 Å². The minimum atomic E-state index is -4.41. The number of halogens is 3. The number of carbonyl (C=O) groups is 2. The van der Waals surface area contributed by atoms with Crippen LogP contribution in [0.3, 0.4) is 0 Å². The summed E-state index contributed by atoms with van der Waals surface area (Å²) in [6.07, 6.45) is -1.85. The van der Waals surface area contributed by atoms with E-state index in [1.807, 2.05) is 0 Å². The highest BCUT2D eigenvalue weighted by Gasteiger charge is 2.39. The van der Waals surface area contributed by atoms with Gasteiger partial charge in [0.1, 0.15) is 0 Å². The highest BCUT2D eigenvalue weighted by Crippen LogP contribution is 2.50. The second-order valence-electron chi connectivity index (χ2n) is 8.45. The summed E-state index contributed by atoms with van der Waals surface area (Å²) < 4.78 is 40.7. The fourth-order valence-electron chi connectivity index (χ4n) is 3.83. The normalized spacial score (nSPS) is 20.8. The van der Waals surface area contributed by atoms with Crippen LogP contribution in [0, 0.1) is 25.7 Å². The Bertz CT molecular complexity index is 945. The summed E-state index contributed by atoms with van der Waals surface area (Å²) >= 11 is 1.13. The highest BCUT2D eigenvalue weighted by atomic mass is 32.1. The molecule has 2 aromatic rings. The van der Waals surface area contributed by atoms with E-state index in [9.17, 15) is 22.8 Å². The molecule has 1 saturated carbocycles. The summed E-state index contributed by atoms with van der Waals surface area (Å²) in [6, 6.07) is 4.66. The second-order valence-corrected chi connectivity index (χ2v) is 9.50. The Morgan fingerprint density at radius 1 is 1.10 bits per heavy atom. The summed E-state index contributed by atoms with van der Waals surface area (Å²) in [6.45, 7) is 9.65. The van der Waals surface area contributed by atoms with Crippen LogP contribution in [-0.2, 0) is 11.0 Å². The molecule has 3 nitrogen and oxygen atoms in total. The third kappa shape index (κ3) is 4.61. The van der Waals surface area contributed by atoms with Gasteiger partial charge in [-0.05, 0) is 60.8 Å². The summed E-state index contributed by atoms with van der Waals surface area (Å²) in [4.78, 5) is 23.7. The van der Waals surface area contributed by atoms with Crippen LogP contribution in [0.2, 0.25) is 0 Å². The fraction of sp³-hybridized carbons (Fsp3) is 0.478. The molecule has 2 unspecified atom stereocenters. The van der Waals surface area contributed by atoms with Gasteiger partial charge >= 0.3 is 6.18 Å². The molecule has 2 fully saturated rings. The van der Waals surface area contributed by atoms with Crippen molar-refractivity contribution in [2.45, 2.75) is 46.2 Å². The molecule has 0 N–H and O–H groups in total. The van der Waals surface area contributed by atoms with Crippen LogP contribution in [-0.4, -0.2) is 30.7 Å². The molecule has 1 aromatic carbocycles. The van der Waals surface area contributed by atoms with Crippen molar-refractivity contribution in [3.8, 4) is 10.4 Å².